The Morgan fingerprint density at radius 2 is 1.95 bits per heavy atom. The van der Waals surface area contributed by atoms with Crippen molar-refractivity contribution < 1.29 is 14.3 Å². The van der Waals surface area contributed by atoms with Crippen LogP contribution in [0.15, 0.2) is 36.4 Å². The first kappa shape index (κ1) is 14.0. The van der Waals surface area contributed by atoms with Crippen molar-refractivity contribution in [3.8, 4) is 0 Å². The van der Waals surface area contributed by atoms with Crippen molar-refractivity contribution >= 4 is 23.2 Å². The van der Waals surface area contributed by atoms with E-state index in [1.807, 2.05) is 0 Å². The second-order valence-corrected chi connectivity index (χ2v) is 5.44. The van der Waals surface area contributed by atoms with Crippen LogP contribution in [0.25, 0.3) is 0 Å². The fourth-order valence-corrected chi connectivity index (χ4v) is 2.82. The van der Waals surface area contributed by atoms with Crippen molar-refractivity contribution in [1.29, 1.82) is 0 Å². The van der Waals surface area contributed by atoms with Gasteiger partial charge in [-0.15, -0.1) is 0 Å². The predicted octanol–water partition coefficient (Wildman–Crippen LogP) is 3.45. The molecule has 0 spiro atoms. The van der Waals surface area contributed by atoms with Gasteiger partial charge in [0, 0.05) is 22.6 Å². The molecule has 21 heavy (non-hydrogen) atoms. The third kappa shape index (κ3) is 2.64. The maximum absolute atomic E-state index is 13.9. The molecule has 1 aliphatic rings. The highest BCUT2D eigenvalue weighted by atomic mass is 35.5. The van der Waals surface area contributed by atoms with E-state index in [1.54, 1.807) is 24.3 Å². The van der Waals surface area contributed by atoms with Gasteiger partial charge in [-0.3, -0.25) is 4.79 Å². The lowest BCUT2D eigenvalue weighted by Gasteiger charge is -2.23. The number of carbonyl (C=O) groups is 1. The number of aryl methyl sites for hydroxylation is 1. The lowest BCUT2D eigenvalue weighted by Crippen LogP contribution is -2.21. The molecule has 108 valence electrons. The molecule has 1 unspecified atom stereocenters. The SMILES string of the molecule is O=C1CCc2cc(Cl)cc(C(O)c3ccccc3F)c2N1. The summed E-state index contributed by atoms with van der Waals surface area (Å²) in [5.41, 5.74) is 1.95. The van der Waals surface area contributed by atoms with Crippen LogP contribution < -0.4 is 5.32 Å². The number of halogens is 2. The first-order valence-electron chi connectivity index (χ1n) is 6.61. The molecule has 3 rings (SSSR count). The molecule has 2 aromatic carbocycles. The zero-order chi connectivity index (χ0) is 15.0. The van der Waals surface area contributed by atoms with Crippen LogP contribution in [0.1, 0.15) is 29.2 Å². The van der Waals surface area contributed by atoms with Crippen LogP contribution in [0, 0.1) is 5.82 Å². The van der Waals surface area contributed by atoms with Crippen LogP contribution in [0.4, 0.5) is 10.1 Å². The van der Waals surface area contributed by atoms with E-state index in [-0.39, 0.29) is 11.5 Å². The summed E-state index contributed by atoms with van der Waals surface area (Å²) in [6.45, 7) is 0. The number of benzene rings is 2. The van der Waals surface area contributed by atoms with E-state index >= 15 is 0 Å². The Labute approximate surface area is 126 Å². The topological polar surface area (TPSA) is 49.3 Å². The summed E-state index contributed by atoms with van der Waals surface area (Å²) in [7, 11) is 0. The Balaban J connectivity index is 2.12. The second-order valence-electron chi connectivity index (χ2n) is 5.00. The molecule has 2 aromatic rings. The second kappa shape index (κ2) is 5.47. The molecule has 0 saturated heterocycles. The summed E-state index contributed by atoms with van der Waals surface area (Å²) >= 11 is 6.07. The number of aliphatic hydroxyl groups excluding tert-OH is 1. The van der Waals surface area contributed by atoms with Crippen molar-refractivity contribution in [2.24, 2.45) is 0 Å². The summed E-state index contributed by atoms with van der Waals surface area (Å²) in [6, 6.07) is 9.32. The smallest absolute Gasteiger partial charge is 0.224 e. The molecule has 1 heterocycles. The highest BCUT2D eigenvalue weighted by molar-refractivity contribution is 6.31. The number of hydrogen-bond donors (Lipinski definition) is 2. The van der Waals surface area contributed by atoms with Gasteiger partial charge in [0.15, 0.2) is 0 Å². The van der Waals surface area contributed by atoms with Crippen molar-refractivity contribution in [3.05, 3.63) is 63.9 Å². The fraction of sp³-hybridized carbons (Fsp3) is 0.188. The molecule has 3 nitrogen and oxygen atoms in total. The first-order chi connectivity index (χ1) is 10.1. The number of fused-ring (bicyclic) bond motifs is 1. The molecule has 0 saturated carbocycles. The molecule has 0 aliphatic carbocycles. The summed E-state index contributed by atoms with van der Waals surface area (Å²) in [4.78, 5) is 11.6. The van der Waals surface area contributed by atoms with Gasteiger partial charge in [0.25, 0.3) is 0 Å². The van der Waals surface area contributed by atoms with Gasteiger partial charge in [-0.25, -0.2) is 4.39 Å². The van der Waals surface area contributed by atoms with Gasteiger partial charge in [0.05, 0.1) is 5.69 Å². The van der Waals surface area contributed by atoms with Gasteiger partial charge in [0.1, 0.15) is 11.9 Å². The van der Waals surface area contributed by atoms with E-state index in [1.165, 1.54) is 12.1 Å². The molecular formula is C16H13ClFNO2. The average molecular weight is 306 g/mol. The van der Waals surface area contributed by atoms with Crippen molar-refractivity contribution in [2.45, 2.75) is 18.9 Å². The Kier molecular flexibility index (Phi) is 3.66. The number of nitrogens with one attached hydrogen (secondary N) is 1. The molecular weight excluding hydrogens is 293 g/mol. The Bertz CT molecular complexity index is 717. The number of amides is 1. The standard InChI is InChI=1S/C16H13ClFNO2/c17-10-7-9-5-6-14(20)19-15(9)12(8-10)16(21)11-3-1-2-4-13(11)18/h1-4,7-8,16,21H,5-6H2,(H,19,20). The van der Waals surface area contributed by atoms with E-state index in [0.717, 1.165) is 5.56 Å². The minimum Gasteiger partial charge on any atom is -0.383 e. The van der Waals surface area contributed by atoms with Gasteiger partial charge >= 0.3 is 0 Å². The summed E-state index contributed by atoms with van der Waals surface area (Å²) < 4.78 is 13.9. The summed E-state index contributed by atoms with van der Waals surface area (Å²) in [5, 5.41) is 13.7. The molecule has 1 aliphatic heterocycles. The third-order valence-corrected chi connectivity index (χ3v) is 3.81. The average Bonchev–Trinajstić information content (AvgIpc) is 2.47. The highest BCUT2D eigenvalue weighted by Crippen LogP contribution is 2.36. The van der Waals surface area contributed by atoms with Crippen molar-refractivity contribution in [2.75, 3.05) is 5.32 Å². The van der Waals surface area contributed by atoms with Gasteiger partial charge < -0.3 is 10.4 Å². The van der Waals surface area contributed by atoms with Gasteiger partial charge in [-0.05, 0) is 30.2 Å². The Hall–Kier alpha value is -1.91. The molecule has 5 heteroatoms. The molecule has 1 amide bonds. The van der Waals surface area contributed by atoms with Crippen LogP contribution in [0.2, 0.25) is 5.02 Å². The Morgan fingerprint density at radius 1 is 1.19 bits per heavy atom. The van der Waals surface area contributed by atoms with Crippen LogP contribution in [0.5, 0.6) is 0 Å². The molecule has 0 radical (unpaired) electrons. The monoisotopic (exact) mass is 305 g/mol. The number of aliphatic hydroxyl groups is 1. The van der Waals surface area contributed by atoms with Crippen molar-refractivity contribution in [1.82, 2.24) is 0 Å². The predicted molar refractivity (Wildman–Crippen MR) is 78.9 cm³/mol. The molecule has 1 atom stereocenters. The maximum atomic E-state index is 13.9. The summed E-state index contributed by atoms with van der Waals surface area (Å²) in [6.07, 6.45) is -0.251. The van der Waals surface area contributed by atoms with E-state index in [9.17, 15) is 14.3 Å². The van der Waals surface area contributed by atoms with Crippen LogP contribution in [-0.2, 0) is 11.2 Å². The lowest BCUT2D eigenvalue weighted by atomic mass is 9.93. The van der Waals surface area contributed by atoms with Crippen molar-refractivity contribution in [3.63, 3.8) is 0 Å². The lowest BCUT2D eigenvalue weighted by molar-refractivity contribution is -0.116. The zero-order valence-electron chi connectivity index (χ0n) is 11.1. The number of hydrogen-bond acceptors (Lipinski definition) is 2. The minimum atomic E-state index is -1.18. The minimum absolute atomic E-state index is 0.119. The molecule has 0 aromatic heterocycles. The van der Waals surface area contributed by atoms with Crippen LogP contribution in [-0.4, -0.2) is 11.0 Å². The summed E-state index contributed by atoms with van der Waals surface area (Å²) in [5.74, 6) is -0.618. The van der Waals surface area contributed by atoms with Crippen LogP contribution in [0.3, 0.4) is 0 Å². The zero-order valence-corrected chi connectivity index (χ0v) is 11.8. The number of anilines is 1. The van der Waals surface area contributed by atoms with Gasteiger partial charge in [0.2, 0.25) is 5.91 Å². The van der Waals surface area contributed by atoms with E-state index in [2.05, 4.69) is 5.32 Å². The Morgan fingerprint density at radius 3 is 2.71 bits per heavy atom. The molecule has 0 bridgehead atoms. The highest BCUT2D eigenvalue weighted by Gasteiger charge is 2.24. The normalized spacial score (nSPS) is 15.3. The fourth-order valence-electron chi connectivity index (χ4n) is 2.57. The number of carbonyl (C=O) groups excluding carboxylic acids is 1. The van der Waals surface area contributed by atoms with E-state index in [4.69, 9.17) is 11.6 Å². The van der Waals surface area contributed by atoms with E-state index < -0.39 is 11.9 Å². The number of rotatable bonds is 2. The third-order valence-electron chi connectivity index (χ3n) is 3.60. The van der Waals surface area contributed by atoms with Crippen LogP contribution >= 0.6 is 11.6 Å². The quantitative estimate of drug-likeness (QED) is 0.893. The molecule has 0 fully saturated rings. The van der Waals surface area contributed by atoms with Gasteiger partial charge in [-0.2, -0.15) is 0 Å². The molecule has 2 N–H and O–H groups in total. The first-order valence-corrected chi connectivity index (χ1v) is 6.98. The largest absolute Gasteiger partial charge is 0.383 e. The van der Waals surface area contributed by atoms with Gasteiger partial charge in [-0.1, -0.05) is 29.8 Å². The maximum Gasteiger partial charge on any atom is 0.224 e. The van der Waals surface area contributed by atoms with E-state index in [0.29, 0.717) is 29.1 Å².